The highest BCUT2D eigenvalue weighted by Crippen LogP contribution is 2.23. The van der Waals surface area contributed by atoms with Crippen LogP contribution in [0.5, 0.6) is 0 Å². The molecule has 4 N–H and O–H groups in total. The Morgan fingerprint density at radius 3 is 2.70 bits per heavy atom. The second-order valence-corrected chi connectivity index (χ2v) is 4.15. The van der Waals surface area contributed by atoms with Gasteiger partial charge in [-0.05, 0) is 12.5 Å². The topological polar surface area (TPSA) is 122 Å². The van der Waals surface area contributed by atoms with Crippen LogP contribution in [0.3, 0.4) is 0 Å². The van der Waals surface area contributed by atoms with Crippen LogP contribution < -0.4 is 11.3 Å². The van der Waals surface area contributed by atoms with Crippen LogP contribution in [0.4, 0.5) is 11.4 Å². The summed E-state index contributed by atoms with van der Waals surface area (Å²) in [5.74, 6) is 4.92. The monoisotopic (exact) mass is 282 g/mol. The molecule has 1 rings (SSSR count). The van der Waals surface area contributed by atoms with E-state index < -0.39 is 10.8 Å². The van der Waals surface area contributed by atoms with Gasteiger partial charge < -0.3 is 15.4 Å². The number of aliphatic hydroxyl groups excluding tert-OH is 1. The van der Waals surface area contributed by atoms with Crippen LogP contribution in [-0.4, -0.2) is 40.5 Å². The third-order valence-corrected chi connectivity index (χ3v) is 2.75. The maximum absolute atomic E-state index is 12.4. The lowest BCUT2D eigenvalue weighted by atomic mass is 10.1. The number of carbonyl (C=O) groups is 1. The van der Waals surface area contributed by atoms with Crippen molar-refractivity contribution in [2.24, 2.45) is 5.84 Å². The van der Waals surface area contributed by atoms with E-state index in [0.29, 0.717) is 18.7 Å². The molecule has 0 heterocycles. The lowest BCUT2D eigenvalue weighted by Gasteiger charge is -2.22. The number of anilines is 1. The number of nitrogens with zero attached hydrogens (tertiary/aromatic N) is 2. The summed E-state index contributed by atoms with van der Waals surface area (Å²) in [5.41, 5.74) is 2.58. The fourth-order valence-corrected chi connectivity index (χ4v) is 1.82. The summed E-state index contributed by atoms with van der Waals surface area (Å²) in [6.45, 7) is 2.34. The molecule has 1 aromatic rings. The van der Waals surface area contributed by atoms with E-state index in [0.717, 1.165) is 0 Å². The van der Waals surface area contributed by atoms with E-state index >= 15 is 0 Å². The molecule has 0 unspecified atom stereocenters. The Hall–Kier alpha value is -2.19. The standard InChI is InChI=1S/C12H18N4O4/c1-2-5-15(6-7-17)12(18)10-8-9(16(19)20)3-4-11(10)14-13/h3-4,8,14,17H,2,5-7,13H2,1H3. The number of benzene rings is 1. The molecular formula is C12H18N4O4. The molecule has 1 aromatic carbocycles. The number of nitrogens with one attached hydrogen (secondary N) is 1. The van der Waals surface area contributed by atoms with Gasteiger partial charge in [-0.1, -0.05) is 6.92 Å². The van der Waals surface area contributed by atoms with Crippen molar-refractivity contribution in [1.29, 1.82) is 0 Å². The van der Waals surface area contributed by atoms with E-state index in [9.17, 15) is 14.9 Å². The number of amides is 1. The summed E-state index contributed by atoms with van der Waals surface area (Å²) >= 11 is 0. The molecule has 0 aliphatic heterocycles. The molecule has 0 aliphatic rings. The second kappa shape index (κ2) is 7.41. The Bertz CT molecular complexity index is 486. The number of rotatable bonds is 7. The van der Waals surface area contributed by atoms with Crippen molar-refractivity contribution in [3.8, 4) is 0 Å². The zero-order valence-electron chi connectivity index (χ0n) is 11.2. The third kappa shape index (κ3) is 3.65. The van der Waals surface area contributed by atoms with Gasteiger partial charge in [-0.3, -0.25) is 20.8 Å². The molecule has 8 heteroatoms. The molecule has 20 heavy (non-hydrogen) atoms. The van der Waals surface area contributed by atoms with Gasteiger partial charge in [-0.15, -0.1) is 0 Å². The SMILES string of the molecule is CCCN(CCO)C(=O)c1cc([N+](=O)[O-])ccc1NN. The minimum absolute atomic E-state index is 0.114. The first-order valence-electron chi connectivity index (χ1n) is 6.20. The summed E-state index contributed by atoms with van der Waals surface area (Å²) in [6.07, 6.45) is 0.714. The molecule has 0 aliphatic carbocycles. The molecule has 0 fully saturated rings. The average molecular weight is 282 g/mol. The van der Waals surface area contributed by atoms with Gasteiger partial charge >= 0.3 is 0 Å². The van der Waals surface area contributed by atoms with Crippen molar-refractivity contribution in [1.82, 2.24) is 4.90 Å². The lowest BCUT2D eigenvalue weighted by molar-refractivity contribution is -0.384. The van der Waals surface area contributed by atoms with Crippen LogP contribution in [0.25, 0.3) is 0 Å². The number of nitrogens with two attached hydrogens (primary N) is 1. The largest absolute Gasteiger partial charge is 0.395 e. The third-order valence-electron chi connectivity index (χ3n) is 2.75. The second-order valence-electron chi connectivity index (χ2n) is 4.15. The Kier molecular flexibility index (Phi) is 5.88. The zero-order chi connectivity index (χ0) is 15.1. The van der Waals surface area contributed by atoms with Crippen LogP contribution in [-0.2, 0) is 0 Å². The van der Waals surface area contributed by atoms with Crippen LogP contribution in [0.2, 0.25) is 0 Å². The van der Waals surface area contributed by atoms with Gasteiger partial charge in [0.15, 0.2) is 0 Å². The van der Waals surface area contributed by atoms with E-state index in [4.69, 9.17) is 10.9 Å². The van der Waals surface area contributed by atoms with Crippen molar-refractivity contribution < 1.29 is 14.8 Å². The number of hydrogen-bond donors (Lipinski definition) is 3. The van der Waals surface area contributed by atoms with Crippen molar-refractivity contribution >= 4 is 17.3 Å². The molecule has 0 radical (unpaired) electrons. The quantitative estimate of drug-likeness (QED) is 0.385. The van der Waals surface area contributed by atoms with Gasteiger partial charge in [0.25, 0.3) is 11.6 Å². The lowest BCUT2D eigenvalue weighted by Crippen LogP contribution is -2.35. The number of nitrogen functional groups attached to an aromatic ring is 1. The zero-order valence-corrected chi connectivity index (χ0v) is 11.2. The van der Waals surface area contributed by atoms with Gasteiger partial charge in [0, 0.05) is 25.2 Å². The molecule has 110 valence electrons. The highest BCUT2D eigenvalue weighted by Gasteiger charge is 2.21. The predicted octanol–water partition coefficient (Wildman–Crippen LogP) is 0.725. The molecule has 0 bridgehead atoms. The van der Waals surface area contributed by atoms with Gasteiger partial charge in [0.2, 0.25) is 0 Å². The summed E-state index contributed by atoms with van der Waals surface area (Å²) < 4.78 is 0. The first-order valence-corrected chi connectivity index (χ1v) is 6.20. The fourth-order valence-electron chi connectivity index (χ4n) is 1.82. The summed E-state index contributed by atoms with van der Waals surface area (Å²) in [6, 6.07) is 3.83. The number of aliphatic hydroxyl groups is 1. The Labute approximate surface area is 116 Å². The number of hydrazine groups is 1. The molecule has 8 nitrogen and oxygen atoms in total. The summed E-state index contributed by atoms with van der Waals surface area (Å²) in [7, 11) is 0. The van der Waals surface area contributed by atoms with E-state index in [-0.39, 0.29) is 24.4 Å². The average Bonchev–Trinajstić information content (AvgIpc) is 2.45. The molecule has 0 spiro atoms. The highest BCUT2D eigenvalue weighted by molar-refractivity contribution is 6.00. The predicted molar refractivity (Wildman–Crippen MR) is 74.2 cm³/mol. The summed E-state index contributed by atoms with van der Waals surface area (Å²) in [5, 5.41) is 19.8. The fraction of sp³-hybridized carbons (Fsp3) is 0.417. The Morgan fingerprint density at radius 2 is 2.20 bits per heavy atom. The number of nitro benzene ring substituents is 1. The van der Waals surface area contributed by atoms with Crippen LogP contribution >= 0.6 is 0 Å². The van der Waals surface area contributed by atoms with Gasteiger partial charge in [0.05, 0.1) is 22.8 Å². The summed E-state index contributed by atoms with van der Waals surface area (Å²) in [4.78, 5) is 24.0. The van der Waals surface area contributed by atoms with Crippen molar-refractivity contribution in [3.63, 3.8) is 0 Å². The maximum atomic E-state index is 12.4. The van der Waals surface area contributed by atoms with E-state index in [1.807, 2.05) is 6.92 Å². The first-order chi connectivity index (χ1) is 9.54. The molecule has 0 atom stereocenters. The number of nitro groups is 1. The molecule has 0 aromatic heterocycles. The van der Waals surface area contributed by atoms with E-state index in [1.54, 1.807) is 0 Å². The number of hydrogen-bond acceptors (Lipinski definition) is 6. The molecule has 1 amide bonds. The van der Waals surface area contributed by atoms with Crippen LogP contribution in [0.15, 0.2) is 18.2 Å². The Balaban J connectivity index is 3.16. The minimum atomic E-state index is -0.576. The minimum Gasteiger partial charge on any atom is -0.395 e. The number of carbonyl (C=O) groups excluding carboxylic acids is 1. The number of non-ortho nitro benzene ring substituents is 1. The Morgan fingerprint density at radius 1 is 1.50 bits per heavy atom. The van der Waals surface area contributed by atoms with Gasteiger partial charge in [0.1, 0.15) is 0 Å². The van der Waals surface area contributed by atoms with E-state index in [2.05, 4.69) is 5.43 Å². The molecule has 0 saturated carbocycles. The van der Waals surface area contributed by atoms with Crippen molar-refractivity contribution in [2.75, 3.05) is 25.1 Å². The normalized spacial score (nSPS) is 10.2. The molecular weight excluding hydrogens is 264 g/mol. The van der Waals surface area contributed by atoms with Crippen LogP contribution in [0, 0.1) is 10.1 Å². The maximum Gasteiger partial charge on any atom is 0.270 e. The van der Waals surface area contributed by atoms with Crippen molar-refractivity contribution in [3.05, 3.63) is 33.9 Å². The first kappa shape index (κ1) is 15.9. The highest BCUT2D eigenvalue weighted by atomic mass is 16.6. The smallest absolute Gasteiger partial charge is 0.270 e. The van der Waals surface area contributed by atoms with E-state index in [1.165, 1.54) is 23.1 Å². The van der Waals surface area contributed by atoms with Crippen LogP contribution in [0.1, 0.15) is 23.7 Å². The van der Waals surface area contributed by atoms with Gasteiger partial charge in [-0.2, -0.15) is 0 Å². The van der Waals surface area contributed by atoms with Gasteiger partial charge in [-0.25, -0.2) is 0 Å². The molecule has 0 saturated heterocycles. The van der Waals surface area contributed by atoms with Crippen molar-refractivity contribution in [2.45, 2.75) is 13.3 Å².